The second kappa shape index (κ2) is 6.97. The summed E-state index contributed by atoms with van der Waals surface area (Å²) in [5.41, 5.74) is 0.698. The molecule has 1 unspecified atom stereocenters. The Morgan fingerprint density at radius 2 is 1.83 bits per heavy atom. The Balaban J connectivity index is 1.31. The molecule has 0 N–H and O–H groups in total. The lowest BCUT2D eigenvalue weighted by Crippen LogP contribution is -2.59. The van der Waals surface area contributed by atoms with Crippen molar-refractivity contribution in [2.75, 3.05) is 26.7 Å². The lowest BCUT2D eigenvalue weighted by molar-refractivity contribution is 0.0808. The second-order valence-electron chi connectivity index (χ2n) is 8.18. The van der Waals surface area contributed by atoms with Crippen molar-refractivity contribution >= 4 is 10.0 Å². The molecule has 3 heterocycles. The summed E-state index contributed by atoms with van der Waals surface area (Å²) >= 11 is 0. The third kappa shape index (κ3) is 3.23. The Morgan fingerprint density at radius 3 is 2.57 bits per heavy atom. The van der Waals surface area contributed by atoms with E-state index < -0.39 is 15.8 Å². The molecule has 5 rings (SSSR count). The Bertz CT molecular complexity index is 1180. The van der Waals surface area contributed by atoms with Crippen LogP contribution in [0.15, 0.2) is 63.9 Å². The van der Waals surface area contributed by atoms with Crippen LogP contribution in [-0.2, 0) is 10.0 Å². The Kier molecular flexibility index (Phi) is 4.49. The van der Waals surface area contributed by atoms with Gasteiger partial charge in [-0.25, -0.2) is 12.8 Å². The van der Waals surface area contributed by atoms with Gasteiger partial charge in [0.25, 0.3) is 0 Å². The average Bonchev–Trinajstić information content (AvgIpc) is 3.32. The zero-order valence-corrected chi connectivity index (χ0v) is 17.2. The maximum absolute atomic E-state index is 13.5. The summed E-state index contributed by atoms with van der Waals surface area (Å²) in [7, 11) is -1.71. The highest BCUT2D eigenvalue weighted by Gasteiger charge is 2.55. The number of hydrogen-bond acceptors (Lipinski definition) is 6. The normalized spacial score (nSPS) is 21.7. The highest BCUT2D eigenvalue weighted by Crippen LogP contribution is 2.49. The number of sulfonamides is 1. The molecule has 0 radical (unpaired) electrons. The summed E-state index contributed by atoms with van der Waals surface area (Å²) in [6.07, 6.45) is 0.731. The largest absolute Gasteiger partial charge is 0.419 e. The van der Waals surface area contributed by atoms with Crippen LogP contribution < -0.4 is 0 Å². The van der Waals surface area contributed by atoms with Crippen LogP contribution in [0.3, 0.4) is 0 Å². The summed E-state index contributed by atoms with van der Waals surface area (Å²) in [4.78, 5) is 2.12. The summed E-state index contributed by atoms with van der Waals surface area (Å²) in [6, 6.07) is 14.7. The summed E-state index contributed by atoms with van der Waals surface area (Å²) in [5, 5.41) is 8.42. The standard InChI is InChI=1S/C21H21FN4O3S/c1-25-12-21(13-26(14-21)30(27,28)17-9-5-8-16(22)10-17)11-18(25)20-24-23-19(29-20)15-6-3-2-4-7-15/h2-10,18H,11-14H2,1H3. The smallest absolute Gasteiger partial charge is 0.247 e. The van der Waals surface area contributed by atoms with Crippen molar-refractivity contribution in [3.8, 4) is 11.5 Å². The minimum Gasteiger partial charge on any atom is -0.419 e. The summed E-state index contributed by atoms with van der Waals surface area (Å²) < 4.78 is 46.4. The van der Waals surface area contributed by atoms with E-state index in [0.29, 0.717) is 24.9 Å². The van der Waals surface area contributed by atoms with E-state index in [1.54, 1.807) is 0 Å². The van der Waals surface area contributed by atoms with Crippen LogP contribution in [0.25, 0.3) is 11.5 Å². The van der Waals surface area contributed by atoms with Crippen LogP contribution in [0.2, 0.25) is 0 Å². The maximum Gasteiger partial charge on any atom is 0.247 e. The van der Waals surface area contributed by atoms with Gasteiger partial charge in [-0.05, 0) is 43.8 Å². The van der Waals surface area contributed by atoms with Gasteiger partial charge in [-0.1, -0.05) is 24.3 Å². The molecule has 2 aromatic carbocycles. The maximum atomic E-state index is 13.5. The van der Waals surface area contributed by atoms with Gasteiger partial charge in [0.15, 0.2) is 0 Å². The topological polar surface area (TPSA) is 79.5 Å². The van der Waals surface area contributed by atoms with Crippen LogP contribution in [0.1, 0.15) is 18.4 Å². The number of aromatic nitrogens is 2. The molecule has 30 heavy (non-hydrogen) atoms. The number of benzene rings is 2. The number of nitrogens with zero attached hydrogens (tertiary/aromatic N) is 4. The van der Waals surface area contributed by atoms with Crippen LogP contribution in [0.5, 0.6) is 0 Å². The van der Waals surface area contributed by atoms with Crippen molar-refractivity contribution < 1.29 is 17.2 Å². The number of hydrogen-bond donors (Lipinski definition) is 0. The molecule has 1 atom stereocenters. The second-order valence-corrected chi connectivity index (χ2v) is 10.1. The van der Waals surface area contributed by atoms with Gasteiger partial charge in [-0.15, -0.1) is 10.2 Å². The minimum atomic E-state index is -3.70. The molecular weight excluding hydrogens is 407 g/mol. The van der Waals surface area contributed by atoms with Crippen molar-refractivity contribution in [3.05, 3.63) is 66.3 Å². The van der Waals surface area contributed by atoms with E-state index in [1.165, 1.54) is 22.5 Å². The first-order valence-corrected chi connectivity index (χ1v) is 11.2. The lowest BCUT2D eigenvalue weighted by Gasteiger charge is -2.46. The van der Waals surface area contributed by atoms with Gasteiger partial charge in [0, 0.05) is 30.6 Å². The van der Waals surface area contributed by atoms with E-state index in [2.05, 4.69) is 15.1 Å². The van der Waals surface area contributed by atoms with E-state index in [1.807, 2.05) is 37.4 Å². The first kappa shape index (κ1) is 19.3. The van der Waals surface area contributed by atoms with Gasteiger partial charge in [-0.3, -0.25) is 4.90 Å². The number of rotatable bonds is 4. The zero-order chi connectivity index (χ0) is 20.9. The van der Waals surface area contributed by atoms with Crippen LogP contribution in [0.4, 0.5) is 4.39 Å². The van der Waals surface area contributed by atoms with Crippen molar-refractivity contribution in [2.24, 2.45) is 5.41 Å². The number of halogens is 1. The molecule has 1 spiro atoms. The molecule has 2 aliphatic rings. The van der Waals surface area contributed by atoms with Gasteiger partial charge >= 0.3 is 0 Å². The summed E-state index contributed by atoms with van der Waals surface area (Å²) in [5.74, 6) is 0.459. The fourth-order valence-corrected chi connectivity index (χ4v) is 6.19. The minimum absolute atomic E-state index is 0.00958. The monoisotopic (exact) mass is 428 g/mol. The molecule has 2 saturated heterocycles. The van der Waals surface area contributed by atoms with E-state index in [0.717, 1.165) is 24.6 Å². The predicted molar refractivity (Wildman–Crippen MR) is 107 cm³/mol. The van der Waals surface area contributed by atoms with Gasteiger partial charge in [0.1, 0.15) is 5.82 Å². The van der Waals surface area contributed by atoms with Gasteiger partial charge < -0.3 is 4.42 Å². The molecule has 2 fully saturated rings. The van der Waals surface area contributed by atoms with Crippen molar-refractivity contribution in [1.29, 1.82) is 0 Å². The van der Waals surface area contributed by atoms with E-state index in [9.17, 15) is 12.8 Å². The van der Waals surface area contributed by atoms with E-state index in [4.69, 9.17) is 4.42 Å². The molecule has 0 aliphatic carbocycles. The molecule has 7 nitrogen and oxygen atoms in total. The average molecular weight is 428 g/mol. The van der Waals surface area contributed by atoms with Gasteiger partial charge in [0.2, 0.25) is 21.8 Å². The molecular formula is C21H21FN4O3S. The summed E-state index contributed by atoms with van der Waals surface area (Å²) in [6.45, 7) is 1.52. The molecule has 0 saturated carbocycles. The van der Waals surface area contributed by atoms with E-state index in [-0.39, 0.29) is 16.4 Å². The fraction of sp³-hybridized carbons (Fsp3) is 0.333. The Labute approximate surface area is 174 Å². The van der Waals surface area contributed by atoms with Crippen LogP contribution >= 0.6 is 0 Å². The van der Waals surface area contributed by atoms with Crippen molar-refractivity contribution in [3.63, 3.8) is 0 Å². The molecule has 9 heteroatoms. The van der Waals surface area contributed by atoms with Crippen molar-refractivity contribution in [1.82, 2.24) is 19.4 Å². The quantitative estimate of drug-likeness (QED) is 0.636. The number of likely N-dealkylation sites (tertiary alicyclic amines) is 1. The van der Waals surface area contributed by atoms with E-state index >= 15 is 0 Å². The molecule has 156 valence electrons. The highest BCUT2D eigenvalue weighted by atomic mass is 32.2. The Morgan fingerprint density at radius 1 is 1.07 bits per heavy atom. The van der Waals surface area contributed by atoms with Gasteiger partial charge in [-0.2, -0.15) is 4.31 Å². The molecule has 1 aromatic heterocycles. The first-order chi connectivity index (χ1) is 14.4. The van der Waals surface area contributed by atoms with Gasteiger partial charge in [0.05, 0.1) is 10.9 Å². The van der Waals surface area contributed by atoms with Crippen LogP contribution in [0, 0.1) is 11.2 Å². The Hall–Kier alpha value is -2.62. The zero-order valence-electron chi connectivity index (χ0n) is 16.4. The van der Waals surface area contributed by atoms with Crippen LogP contribution in [-0.4, -0.2) is 54.5 Å². The lowest BCUT2D eigenvalue weighted by atomic mass is 9.79. The first-order valence-electron chi connectivity index (χ1n) is 9.71. The third-order valence-electron chi connectivity index (χ3n) is 5.95. The predicted octanol–water partition coefficient (Wildman–Crippen LogP) is 2.94. The fourth-order valence-electron chi connectivity index (χ4n) is 4.49. The molecule has 0 bridgehead atoms. The van der Waals surface area contributed by atoms with Crippen molar-refractivity contribution in [2.45, 2.75) is 17.4 Å². The highest BCUT2D eigenvalue weighted by molar-refractivity contribution is 7.89. The molecule has 3 aromatic rings. The SMILES string of the molecule is CN1CC2(CC1c1nnc(-c3ccccc3)o1)CN(S(=O)(=O)c1cccc(F)c1)C2. The molecule has 0 amide bonds. The molecule has 2 aliphatic heterocycles. The third-order valence-corrected chi connectivity index (χ3v) is 7.73.